The molecule has 0 N–H and O–H groups in total. The second kappa shape index (κ2) is 7.17. The summed E-state index contributed by atoms with van der Waals surface area (Å²) in [5, 5.41) is 9.77. The molecular weight excluding hydrogens is 304 g/mol. The molecule has 0 spiro atoms. The van der Waals surface area contributed by atoms with E-state index in [1.165, 1.54) is 19.3 Å². The third-order valence-electron chi connectivity index (χ3n) is 3.82. The summed E-state index contributed by atoms with van der Waals surface area (Å²) in [5.41, 5.74) is 2.15. The topological polar surface area (TPSA) is 41.9 Å². The van der Waals surface area contributed by atoms with Gasteiger partial charge in [0, 0.05) is 17.9 Å². The van der Waals surface area contributed by atoms with Crippen molar-refractivity contribution in [1.29, 1.82) is 0 Å². The van der Waals surface area contributed by atoms with Crippen LogP contribution in [-0.2, 0) is 12.8 Å². The molecule has 2 heterocycles. The molecule has 0 amide bonds. The van der Waals surface area contributed by atoms with E-state index in [1.54, 1.807) is 0 Å². The quantitative estimate of drug-likeness (QED) is 0.779. The van der Waals surface area contributed by atoms with Gasteiger partial charge < -0.3 is 4.90 Å². The first-order valence-corrected chi connectivity index (χ1v) is 8.47. The van der Waals surface area contributed by atoms with Crippen LogP contribution >= 0.6 is 15.9 Å². The van der Waals surface area contributed by atoms with Crippen molar-refractivity contribution in [1.82, 2.24) is 15.2 Å². The largest absolute Gasteiger partial charge is 0.337 e. The Morgan fingerprint density at radius 3 is 2.63 bits per heavy atom. The van der Waals surface area contributed by atoms with E-state index in [4.69, 9.17) is 4.98 Å². The van der Waals surface area contributed by atoms with Crippen molar-refractivity contribution in [2.75, 3.05) is 16.8 Å². The lowest BCUT2D eigenvalue weighted by Crippen LogP contribution is -2.41. The fraction of sp³-hybridized carbons (Fsp3) is 0.786. The third-order valence-corrected chi connectivity index (χ3v) is 4.28. The van der Waals surface area contributed by atoms with Gasteiger partial charge in [-0.05, 0) is 38.5 Å². The Morgan fingerprint density at radius 2 is 1.95 bits per heavy atom. The van der Waals surface area contributed by atoms with Gasteiger partial charge in [-0.1, -0.05) is 29.8 Å². The summed E-state index contributed by atoms with van der Waals surface area (Å²) < 4.78 is 0. The molecule has 0 bridgehead atoms. The zero-order chi connectivity index (χ0) is 13.7. The summed E-state index contributed by atoms with van der Waals surface area (Å²) in [7, 11) is 0. The Labute approximate surface area is 124 Å². The fourth-order valence-electron chi connectivity index (χ4n) is 2.74. The predicted molar refractivity (Wildman–Crippen MR) is 82.0 cm³/mol. The summed E-state index contributed by atoms with van der Waals surface area (Å²) in [5.74, 6) is 0.833. The maximum atomic E-state index is 4.76. The standard InChI is InChI=1S/C14H23BrN4/c1-3-12-13(4-2)17-18-14(16-12)19-10-6-5-7-11(19)8-9-15/h11H,3-10H2,1-2H3. The van der Waals surface area contributed by atoms with Crippen molar-refractivity contribution in [3.63, 3.8) is 0 Å². The average molecular weight is 327 g/mol. The maximum absolute atomic E-state index is 4.76. The Hall–Kier alpha value is -0.710. The van der Waals surface area contributed by atoms with Crippen LogP contribution in [-0.4, -0.2) is 33.1 Å². The van der Waals surface area contributed by atoms with Crippen molar-refractivity contribution in [2.45, 2.75) is 58.4 Å². The second-order valence-corrected chi connectivity index (χ2v) is 5.83. The third kappa shape index (κ3) is 3.44. The van der Waals surface area contributed by atoms with E-state index >= 15 is 0 Å². The van der Waals surface area contributed by atoms with Crippen molar-refractivity contribution < 1.29 is 0 Å². The first-order chi connectivity index (χ1) is 9.30. The highest BCUT2D eigenvalue weighted by Crippen LogP contribution is 2.24. The summed E-state index contributed by atoms with van der Waals surface area (Å²) in [6, 6.07) is 0.562. The zero-order valence-electron chi connectivity index (χ0n) is 11.9. The van der Waals surface area contributed by atoms with Crippen LogP contribution in [0.2, 0.25) is 0 Å². The number of piperidine rings is 1. The number of hydrogen-bond donors (Lipinski definition) is 0. The van der Waals surface area contributed by atoms with Crippen LogP contribution in [0.15, 0.2) is 0 Å². The molecule has 0 aromatic carbocycles. The van der Waals surface area contributed by atoms with E-state index in [2.05, 4.69) is 44.9 Å². The van der Waals surface area contributed by atoms with Crippen LogP contribution in [0.25, 0.3) is 0 Å². The Bertz CT molecular complexity index is 408. The van der Waals surface area contributed by atoms with Crippen LogP contribution in [0.1, 0.15) is 50.9 Å². The average Bonchev–Trinajstić information content (AvgIpc) is 2.47. The molecule has 2 rings (SSSR count). The van der Waals surface area contributed by atoms with Crippen LogP contribution in [0.4, 0.5) is 5.95 Å². The lowest BCUT2D eigenvalue weighted by atomic mass is 10.0. The van der Waals surface area contributed by atoms with E-state index in [9.17, 15) is 0 Å². The molecule has 1 aromatic rings. The molecule has 5 heteroatoms. The molecule has 1 atom stereocenters. The van der Waals surface area contributed by atoms with E-state index in [0.717, 1.165) is 48.5 Å². The van der Waals surface area contributed by atoms with Gasteiger partial charge in [-0.25, -0.2) is 4.98 Å². The lowest BCUT2D eigenvalue weighted by Gasteiger charge is -2.35. The van der Waals surface area contributed by atoms with Gasteiger partial charge in [0.1, 0.15) is 0 Å². The van der Waals surface area contributed by atoms with E-state index < -0.39 is 0 Å². The van der Waals surface area contributed by atoms with Gasteiger partial charge in [0.25, 0.3) is 0 Å². The number of anilines is 1. The number of rotatable bonds is 5. The van der Waals surface area contributed by atoms with Gasteiger partial charge in [0.05, 0.1) is 11.4 Å². The van der Waals surface area contributed by atoms with Crippen molar-refractivity contribution >= 4 is 21.9 Å². The highest BCUT2D eigenvalue weighted by molar-refractivity contribution is 9.09. The molecule has 1 aliphatic rings. The van der Waals surface area contributed by atoms with Crippen LogP contribution in [0, 0.1) is 0 Å². The molecule has 106 valence electrons. The van der Waals surface area contributed by atoms with Crippen molar-refractivity contribution in [3.8, 4) is 0 Å². The minimum absolute atomic E-state index is 0.562. The molecule has 1 saturated heterocycles. The minimum Gasteiger partial charge on any atom is -0.337 e. The molecular formula is C14H23BrN4. The number of alkyl halides is 1. The van der Waals surface area contributed by atoms with Crippen molar-refractivity contribution in [3.05, 3.63) is 11.4 Å². The van der Waals surface area contributed by atoms with Gasteiger partial charge in [0.2, 0.25) is 5.95 Å². The van der Waals surface area contributed by atoms with Gasteiger partial charge in [0.15, 0.2) is 0 Å². The molecule has 0 aliphatic carbocycles. The molecule has 1 aromatic heterocycles. The highest BCUT2D eigenvalue weighted by Gasteiger charge is 2.24. The number of aryl methyl sites for hydroxylation is 2. The zero-order valence-corrected chi connectivity index (χ0v) is 13.5. The van der Waals surface area contributed by atoms with Crippen molar-refractivity contribution in [2.24, 2.45) is 0 Å². The first-order valence-electron chi connectivity index (χ1n) is 7.35. The predicted octanol–water partition coefficient (Wildman–Crippen LogP) is 3.14. The number of hydrogen-bond acceptors (Lipinski definition) is 4. The number of aromatic nitrogens is 3. The monoisotopic (exact) mass is 326 g/mol. The van der Waals surface area contributed by atoms with Gasteiger partial charge in [-0.2, -0.15) is 5.10 Å². The molecule has 1 fully saturated rings. The smallest absolute Gasteiger partial charge is 0.245 e. The minimum atomic E-state index is 0.562. The summed E-state index contributed by atoms with van der Waals surface area (Å²) in [4.78, 5) is 7.11. The SMILES string of the molecule is CCc1nnc(N2CCCCC2CCBr)nc1CC. The van der Waals surface area contributed by atoms with Crippen LogP contribution in [0.3, 0.4) is 0 Å². The Balaban J connectivity index is 2.23. The Kier molecular flexibility index (Phi) is 5.55. The molecule has 0 saturated carbocycles. The molecule has 1 unspecified atom stereocenters. The first kappa shape index (κ1) is 14.7. The molecule has 0 radical (unpaired) electrons. The lowest BCUT2D eigenvalue weighted by molar-refractivity contribution is 0.443. The van der Waals surface area contributed by atoms with Crippen LogP contribution in [0.5, 0.6) is 0 Å². The van der Waals surface area contributed by atoms with Gasteiger partial charge in [-0.3, -0.25) is 0 Å². The van der Waals surface area contributed by atoms with E-state index in [0.29, 0.717) is 6.04 Å². The van der Waals surface area contributed by atoms with Gasteiger partial charge >= 0.3 is 0 Å². The number of halogens is 1. The summed E-state index contributed by atoms with van der Waals surface area (Å²) in [6.07, 6.45) is 6.79. The van der Waals surface area contributed by atoms with Crippen LogP contribution < -0.4 is 4.90 Å². The molecule has 4 nitrogen and oxygen atoms in total. The normalized spacial score (nSPS) is 19.7. The maximum Gasteiger partial charge on any atom is 0.245 e. The fourth-order valence-corrected chi connectivity index (χ4v) is 3.27. The summed E-state index contributed by atoms with van der Waals surface area (Å²) >= 11 is 3.55. The number of nitrogens with zero attached hydrogens (tertiary/aromatic N) is 4. The second-order valence-electron chi connectivity index (χ2n) is 5.03. The van der Waals surface area contributed by atoms with Gasteiger partial charge in [-0.15, -0.1) is 5.10 Å². The molecule has 19 heavy (non-hydrogen) atoms. The molecule has 1 aliphatic heterocycles. The summed E-state index contributed by atoms with van der Waals surface area (Å²) in [6.45, 7) is 5.31. The Morgan fingerprint density at radius 1 is 1.16 bits per heavy atom. The van der Waals surface area contributed by atoms with E-state index in [-0.39, 0.29) is 0 Å². The van der Waals surface area contributed by atoms with E-state index in [1.807, 2.05) is 0 Å². The highest BCUT2D eigenvalue weighted by atomic mass is 79.9.